The van der Waals surface area contributed by atoms with E-state index in [4.69, 9.17) is 18.7 Å². The molecule has 12 nitrogen and oxygen atoms in total. The van der Waals surface area contributed by atoms with E-state index in [9.17, 15) is 28.2 Å². The van der Waals surface area contributed by atoms with Crippen molar-refractivity contribution in [2.75, 3.05) is 26.3 Å². The minimum atomic E-state index is -1.60. The number of hydrogen-bond donors (Lipinski definition) is 2. The van der Waals surface area contributed by atoms with Crippen LogP contribution in [0.1, 0.15) is 76.8 Å². The second-order valence-electron chi connectivity index (χ2n) is 13.1. The number of amides is 1. The summed E-state index contributed by atoms with van der Waals surface area (Å²) in [6, 6.07) is 2.55. The van der Waals surface area contributed by atoms with Crippen LogP contribution in [0.5, 0.6) is 0 Å². The fraction of sp³-hybridized carbons (Fsp3) is 0.625. The Morgan fingerprint density at radius 1 is 1.11 bits per heavy atom. The number of piperidine rings is 1. The van der Waals surface area contributed by atoms with Gasteiger partial charge in [0.1, 0.15) is 41.4 Å². The molecule has 0 saturated carbocycles. The third-order valence-electron chi connectivity index (χ3n) is 8.40. The molecule has 0 spiro atoms. The Hall–Kier alpha value is -3.53. The molecule has 1 aromatic carbocycles. The fourth-order valence-corrected chi connectivity index (χ4v) is 5.96. The van der Waals surface area contributed by atoms with E-state index in [0.29, 0.717) is 44.0 Å². The molecule has 2 aliphatic rings. The van der Waals surface area contributed by atoms with Crippen LogP contribution in [0, 0.1) is 17.5 Å². The summed E-state index contributed by atoms with van der Waals surface area (Å²) < 4.78 is 66.4. The Bertz CT molecular complexity index is 1480. The van der Waals surface area contributed by atoms with Crippen LogP contribution in [-0.4, -0.2) is 97.7 Å². The minimum Gasteiger partial charge on any atom is -0.444 e. The first-order valence-corrected chi connectivity index (χ1v) is 15.9. The first-order chi connectivity index (χ1) is 22.4. The highest BCUT2D eigenvalue weighted by molar-refractivity contribution is 5.68. The van der Waals surface area contributed by atoms with Gasteiger partial charge in [-0.1, -0.05) is 23.7 Å². The lowest BCUT2D eigenvalue weighted by Gasteiger charge is -2.44. The van der Waals surface area contributed by atoms with Gasteiger partial charge in [0, 0.05) is 43.7 Å². The van der Waals surface area contributed by atoms with Gasteiger partial charge < -0.3 is 33.8 Å². The van der Waals surface area contributed by atoms with Crippen LogP contribution in [0.15, 0.2) is 28.9 Å². The Balaban J connectivity index is 1.34. The van der Waals surface area contributed by atoms with Gasteiger partial charge in [0.05, 0.1) is 24.6 Å². The first-order valence-electron chi connectivity index (χ1n) is 15.9. The Morgan fingerprint density at radius 3 is 2.45 bits per heavy atom. The van der Waals surface area contributed by atoms with Crippen molar-refractivity contribution in [3.05, 3.63) is 53.3 Å². The number of aliphatic hydroxyl groups excluding tert-OH is 2. The topological polar surface area (TPSA) is 145 Å². The molecule has 5 rings (SSSR count). The zero-order valence-electron chi connectivity index (χ0n) is 26.9. The second-order valence-corrected chi connectivity index (χ2v) is 13.1. The average Bonchev–Trinajstić information content (AvgIpc) is 3.70. The molecule has 2 saturated heterocycles. The van der Waals surface area contributed by atoms with Gasteiger partial charge in [-0.3, -0.25) is 0 Å². The van der Waals surface area contributed by atoms with Crippen molar-refractivity contribution in [3.63, 3.8) is 0 Å². The van der Waals surface area contributed by atoms with Crippen molar-refractivity contribution >= 4 is 6.09 Å². The first kappa shape index (κ1) is 34.8. The number of hydrogen-bond acceptors (Lipinski definition) is 10. The lowest BCUT2D eigenvalue weighted by molar-refractivity contribution is -0.218. The molecule has 0 unspecified atom stereocenters. The molecule has 0 aliphatic carbocycles. The van der Waals surface area contributed by atoms with Gasteiger partial charge in [0.15, 0.2) is 17.5 Å². The number of carbonyl (C=O) groups is 1. The highest BCUT2D eigenvalue weighted by Crippen LogP contribution is 2.36. The van der Waals surface area contributed by atoms with E-state index in [-0.39, 0.29) is 29.7 Å². The molecular formula is C32H42F3N5O7. The average molecular weight is 666 g/mol. The molecule has 3 aromatic rings. The zero-order valence-corrected chi connectivity index (χ0v) is 26.9. The third kappa shape index (κ3) is 8.13. The molecule has 2 N–H and O–H groups in total. The highest BCUT2D eigenvalue weighted by atomic mass is 19.2. The molecule has 2 aliphatic heterocycles. The predicted molar refractivity (Wildman–Crippen MR) is 161 cm³/mol. The summed E-state index contributed by atoms with van der Waals surface area (Å²) in [6.45, 7) is 8.36. The number of ether oxygens (including phenoxy) is 3. The molecule has 0 radical (unpaired) electrons. The van der Waals surface area contributed by atoms with Crippen molar-refractivity contribution in [3.8, 4) is 11.3 Å². The van der Waals surface area contributed by atoms with E-state index >= 15 is 0 Å². The molecule has 4 heterocycles. The normalized spacial score (nSPS) is 24.1. The van der Waals surface area contributed by atoms with Gasteiger partial charge in [0.2, 0.25) is 0 Å². The number of halogens is 3. The van der Waals surface area contributed by atoms with Crippen molar-refractivity contribution in [2.24, 2.45) is 0 Å². The lowest BCUT2D eigenvalue weighted by Crippen LogP contribution is -2.57. The van der Waals surface area contributed by atoms with Gasteiger partial charge in [-0.05, 0) is 52.2 Å². The van der Waals surface area contributed by atoms with E-state index in [1.54, 1.807) is 4.90 Å². The zero-order chi connectivity index (χ0) is 33.9. The second kappa shape index (κ2) is 14.7. The van der Waals surface area contributed by atoms with Crippen LogP contribution in [0.4, 0.5) is 18.0 Å². The van der Waals surface area contributed by atoms with Crippen molar-refractivity contribution in [1.82, 2.24) is 25.1 Å². The number of rotatable bonds is 10. The van der Waals surface area contributed by atoms with Crippen LogP contribution in [0.25, 0.3) is 11.3 Å². The maximum atomic E-state index is 14.0. The molecule has 0 bridgehead atoms. The number of aromatic nitrogens is 4. The predicted octanol–water partition coefficient (Wildman–Crippen LogP) is 4.55. The van der Waals surface area contributed by atoms with Crippen molar-refractivity contribution in [2.45, 2.75) is 102 Å². The SMILES string of the molecule is CCCCO[C@@H]1[C@@H](n2cc(-c3cc(F)c(F)c(F)c3)nn2)[C@@H](O)[C@@H](CO)O[C@@H]1Cc1cc(C2CCN(C(=O)OC(C)(C)C)CC2)on1. The van der Waals surface area contributed by atoms with Gasteiger partial charge in [-0.15, -0.1) is 5.10 Å². The van der Waals surface area contributed by atoms with E-state index in [0.717, 1.165) is 25.0 Å². The molecule has 258 valence electrons. The fourth-order valence-electron chi connectivity index (χ4n) is 5.96. The summed E-state index contributed by atoms with van der Waals surface area (Å²) in [5, 5.41) is 33.8. The quantitative estimate of drug-likeness (QED) is 0.234. The van der Waals surface area contributed by atoms with Crippen LogP contribution in [0.2, 0.25) is 0 Å². The number of likely N-dealkylation sites (tertiary alicyclic amines) is 1. The molecule has 5 atom stereocenters. The van der Waals surface area contributed by atoms with Crippen LogP contribution in [0.3, 0.4) is 0 Å². The molecule has 1 amide bonds. The smallest absolute Gasteiger partial charge is 0.410 e. The molecular weight excluding hydrogens is 623 g/mol. The summed E-state index contributed by atoms with van der Waals surface area (Å²) in [5.41, 5.74) is 0.00572. The van der Waals surface area contributed by atoms with Crippen LogP contribution >= 0.6 is 0 Å². The number of carbonyl (C=O) groups excluding carboxylic acids is 1. The van der Waals surface area contributed by atoms with Crippen molar-refractivity contribution in [1.29, 1.82) is 0 Å². The minimum absolute atomic E-state index is 0.0417. The summed E-state index contributed by atoms with van der Waals surface area (Å²) in [5.74, 6) is -3.61. The highest BCUT2D eigenvalue weighted by Gasteiger charge is 2.47. The van der Waals surface area contributed by atoms with Crippen LogP contribution in [-0.2, 0) is 20.6 Å². The maximum absolute atomic E-state index is 14.0. The summed E-state index contributed by atoms with van der Waals surface area (Å²) in [7, 11) is 0. The summed E-state index contributed by atoms with van der Waals surface area (Å²) in [6.07, 6.45) is 0.353. The van der Waals surface area contributed by atoms with Crippen molar-refractivity contribution < 1.29 is 46.9 Å². The molecule has 2 aromatic heterocycles. The number of nitrogens with zero attached hydrogens (tertiary/aromatic N) is 5. The van der Waals surface area contributed by atoms with Gasteiger partial charge in [-0.25, -0.2) is 22.6 Å². The number of unbranched alkanes of at least 4 members (excludes halogenated alkanes) is 1. The number of aliphatic hydroxyl groups is 2. The van der Waals surface area contributed by atoms with E-state index in [1.807, 2.05) is 33.8 Å². The Morgan fingerprint density at radius 2 is 1.81 bits per heavy atom. The van der Waals surface area contributed by atoms with Gasteiger partial charge in [0.25, 0.3) is 0 Å². The van der Waals surface area contributed by atoms with E-state index in [2.05, 4.69) is 15.5 Å². The van der Waals surface area contributed by atoms with Crippen LogP contribution < -0.4 is 0 Å². The monoisotopic (exact) mass is 665 g/mol. The molecule has 47 heavy (non-hydrogen) atoms. The molecule has 15 heteroatoms. The lowest BCUT2D eigenvalue weighted by atomic mass is 9.89. The Labute approximate surface area is 270 Å². The maximum Gasteiger partial charge on any atom is 0.410 e. The van der Waals surface area contributed by atoms with E-state index < -0.39 is 60.1 Å². The third-order valence-corrected chi connectivity index (χ3v) is 8.40. The number of benzene rings is 1. The van der Waals surface area contributed by atoms with E-state index in [1.165, 1.54) is 10.9 Å². The standard InChI is InChI=1S/C32H42F3N5O7/c1-5-6-11-44-30-25(15-20-14-24(47-37-20)18-7-9-39(10-8-18)31(43)46-32(2,3)4)45-26(17-41)29(42)28(30)40-16-23(36-38-40)19-12-21(33)27(35)22(34)13-19/h12-14,16,18,25-26,28-30,41-42H,5-11,15,17H2,1-4H3/t25-,26-,28+,29+,30+/m1/s1. The molecule has 2 fully saturated rings. The Kier molecular flexibility index (Phi) is 10.9. The van der Waals surface area contributed by atoms with Gasteiger partial charge in [-0.2, -0.15) is 0 Å². The largest absolute Gasteiger partial charge is 0.444 e. The summed E-state index contributed by atoms with van der Waals surface area (Å²) >= 11 is 0. The van der Waals surface area contributed by atoms with Gasteiger partial charge >= 0.3 is 6.09 Å². The summed E-state index contributed by atoms with van der Waals surface area (Å²) in [4.78, 5) is 14.2.